The first-order chi connectivity index (χ1) is 15.4. The zero-order chi connectivity index (χ0) is 22.7. The SMILES string of the molecule is CC(=O)NC1CCN(C(=O)[C@@]2(Cc3cc(-c4ccccc4)no3)CCN(C(C)=O)C2)CC1. The highest BCUT2D eigenvalue weighted by molar-refractivity contribution is 5.85. The number of nitrogens with zero attached hydrogens (tertiary/aromatic N) is 3. The molecule has 2 aliphatic heterocycles. The summed E-state index contributed by atoms with van der Waals surface area (Å²) in [5.74, 6) is 0.640. The highest BCUT2D eigenvalue weighted by Gasteiger charge is 2.48. The first-order valence-electron chi connectivity index (χ1n) is 11.2. The van der Waals surface area contributed by atoms with Gasteiger partial charge in [-0.3, -0.25) is 14.4 Å². The molecule has 0 aliphatic carbocycles. The van der Waals surface area contributed by atoms with Crippen molar-refractivity contribution in [3.05, 3.63) is 42.2 Å². The summed E-state index contributed by atoms with van der Waals surface area (Å²) in [4.78, 5) is 40.8. The van der Waals surface area contributed by atoms with Gasteiger partial charge in [-0.2, -0.15) is 0 Å². The molecule has 3 heterocycles. The van der Waals surface area contributed by atoms with Crippen molar-refractivity contribution in [1.29, 1.82) is 0 Å². The Kier molecular flexibility index (Phi) is 6.30. The van der Waals surface area contributed by atoms with Gasteiger partial charge >= 0.3 is 0 Å². The van der Waals surface area contributed by atoms with Crippen molar-refractivity contribution >= 4 is 17.7 Å². The van der Waals surface area contributed by atoms with Crippen LogP contribution in [0.1, 0.15) is 38.9 Å². The standard InChI is InChI=1S/C24H30N4O4/c1-17(29)25-20-8-11-27(12-9-20)23(31)24(10-13-28(16-24)18(2)30)15-21-14-22(26-32-21)19-6-4-3-5-7-19/h3-7,14,20H,8-13,15-16H2,1-2H3,(H,25,29)/t24-/m1/s1. The molecule has 0 unspecified atom stereocenters. The average molecular weight is 439 g/mol. The molecule has 0 spiro atoms. The minimum Gasteiger partial charge on any atom is -0.361 e. The molecule has 1 atom stereocenters. The second kappa shape index (κ2) is 9.14. The third kappa shape index (κ3) is 4.69. The highest BCUT2D eigenvalue weighted by Crippen LogP contribution is 2.38. The van der Waals surface area contributed by atoms with Crippen LogP contribution in [0.2, 0.25) is 0 Å². The van der Waals surface area contributed by atoms with Gasteiger partial charge in [0.1, 0.15) is 11.5 Å². The summed E-state index contributed by atoms with van der Waals surface area (Å²) in [6.45, 7) is 5.19. The largest absolute Gasteiger partial charge is 0.361 e. The summed E-state index contributed by atoms with van der Waals surface area (Å²) < 4.78 is 5.63. The minimum absolute atomic E-state index is 0.0217. The number of hydrogen-bond acceptors (Lipinski definition) is 5. The lowest BCUT2D eigenvalue weighted by atomic mass is 9.80. The molecule has 8 heteroatoms. The summed E-state index contributed by atoms with van der Waals surface area (Å²) in [6, 6.07) is 11.8. The Morgan fingerprint density at radius 1 is 1.09 bits per heavy atom. The van der Waals surface area contributed by atoms with E-state index in [0.717, 1.165) is 24.1 Å². The van der Waals surface area contributed by atoms with Crippen LogP contribution in [0.3, 0.4) is 0 Å². The number of carbonyl (C=O) groups is 3. The molecule has 0 radical (unpaired) electrons. The van der Waals surface area contributed by atoms with Gasteiger partial charge in [0.15, 0.2) is 0 Å². The molecule has 3 amide bonds. The van der Waals surface area contributed by atoms with Gasteiger partial charge in [0.05, 0.1) is 5.41 Å². The Hall–Kier alpha value is -3.16. The molecule has 2 saturated heterocycles. The molecule has 0 saturated carbocycles. The fourth-order valence-electron chi connectivity index (χ4n) is 4.86. The summed E-state index contributed by atoms with van der Waals surface area (Å²) in [7, 11) is 0. The van der Waals surface area contributed by atoms with E-state index in [1.165, 1.54) is 6.92 Å². The fourth-order valence-corrected chi connectivity index (χ4v) is 4.86. The van der Waals surface area contributed by atoms with Crippen LogP contribution in [0.5, 0.6) is 0 Å². The van der Waals surface area contributed by atoms with Gasteiger partial charge < -0.3 is 19.6 Å². The number of likely N-dealkylation sites (tertiary alicyclic amines) is 2. The summed E-state index contributed by atoms with van der Waals surface area (Å²) in [6.07, 6.45) is 2.47. The zero-order valence-corrected chi connectivity index (χ0v) is 18.7. The van der Waals surface area contributed by atoms with Gasteiger partial charge in [0.25, 0.3) is 0 Å². The van der Waals surface area contributed by atoms with Crippen LogP contribution in [0.4, 0.5) is 0 Å². The third-order valence-corrected chi connectivity index (χ3v) is 6.58. The van der Waals surface area contributed by atoms with Crippen molar-refractivity contribution < 1.29 is 18.9 Å². The molecule has 170 valence electrons. The van der Waals surface area contributed by atoms with Gasteiger partial charge in [-0.05, 0) is 19.3 Å². The molecular weight excluding hydrogens is 408 g/mol. The van der Waals surface area contributed by atoms with E-state index in [-0.39, 0.29) is 23.8 Å². The number of piperidine rings is 1. The maximum absolute atomic E-state index is 13.7. The number of nitrogens with one attached hydrogen (secondary N) is 1. The number of hydrogen-bond donors (Lipinski definition) is 1. The second-order valence-corrected chi connectivity index (χ2v) is 8.96. The molecule has 32 heavy (non-hydrogen) atoms. The number of carbonyl (C=O) groups excluding carboxylic acids is 3. The molecule has 2 fully saturated rings. The van der Waals surface area contributed by atoms with Crippen LogP contribution < -0.4 is 5.32 Å². The van der Waals surface area contributed by atoms with Crippen LogP contribution in [0.25, 0.3) is 11.3 Å². The summed E-state index contributed by atoms with van der Waals surface area (Å²) >= 11 is 0. The molecular formula is C24H30N4O4. The van der Waals surface area contributed by atoms with Crippen LogP contribution >= 0.6 is 0 Å². The van der Waals surface area contributed by atoms with Crippen molar-refractivity contribution in [3.63, 3.8) is 0 Å². The number of aromatic nitrogens is 1. The normalized spacial score (nSPS) is 21.6. The van der Waals surface area contributed by atoms with E-state index in [0.29, 0.717) is 44.8 Å². The Morgan fingerprint density at radius 2 is 1.81 bits per heavy atom. The van der Waals surface area contributed by atoms with E-state index in [1.54, 1.807) is 11.8 Å². The van der Waals surface area contributed by atoms with Crippen molar-refractivity contribution in [3.8, 4) is 11.3 Å². The maximum atomic E-state index is 13.7. The monoisotopic (exact) mass is 438 g/mol. The highest BCUT2D eigenvalue weighted by atomic mass is 16.5. The van der Waals surface area contributed by atoms with Crippen LogP contribution in [-0.2, 0) is 20.8 Å². The van der Waals surface area contributed by atoms with E-state index in [2.05, 4.69) is 10.5 Å². The van der Waals surface area contributed by atoms with E-state index in [9.17, 15) is 14.4 Å². The minimum atomic E-state index is -0.722. The zero-order valence-electron chi connectivity index (χ0n) is 18.7. The van der Waals surface area contributed by atoms with Gasteiger partial charge in [-0.15, -0.1) is 0 Å². The second-order valence-electron chi connectivity index (χ2n) is 8.96. The van der Waals surface area contributed by atoms with Crippen LogP contribution in [0.15, 0.2) is 40.9 Å². The molecule has 0 bridgehead atoms. The molecule has 4 rings (SSSR count). The van der Waals surface area contributed by atoms with E-state index < -0.39 is 5.41 Å². The lowest BCUT2D eigenvalue weighted by molar-refractivity contribution is -0.143. The van der Waals surface area contributed by atoms with Crippen LogP contribution in [-0.4, -0.2) is 64.9 Å². The first-order valence-corrected chi connectivity index (χ1v) is 11.2. The Balaban J connectivity index is 1.52. The number of rotatable bonds is 5. The first kappa shape index (κ1) is 22.0. The quantitative estimate of drug-likeness (QED) is 0.773. The Morgan fingerprint density at radius 3 is 2.44 bits per heavy atom. The Labute approximate surface area is 187 Å². The van der Waals surface area contributed by atoms with Crippen molar-refractivity contribution in [1.82, 2.24) is 20.3 Å². The third-order valence-electron chi connectivity index (χ3n) is 6.58. The van der Waals surface area contributed by atoms with E-state index in [1.807, 2.05) is 41.3 Å². The summed E-state index contributed by atoms with van der Waals surface area (Å²) in [5.41, 5.74) is 0.973. The molecule has 2 aromatic rings. The van der Waals surface area contributed by atoms with Gasteiger partial charge in [0, 0.05) is 64.1 Å². The molecule has 2 aliphatic rings. The molecule has 1 N–H and O–H groups in total. The average Bonchev–Trinajstić information content (AvgIpc) is 3.43. The van der Waals surface area contributed by atoms with Gasteiger partial charge in [-0.25, -0.2) is 0 Å². The van der Waals surface area contributed by atoms with Crippen molar-refractivity contribution in [2.45, 2.75) is 45.6 Å². The lowest BCUT2D eigenvalue weighted by Crippen LogP contribution is -2.52. The predicted molar refractivity (Wildman–Crippen MR) is 118 cm³/mol. The number of benzene rings is 1. The number of amides is 3. The van der Waals surface area contributed by atoms with Gasteiger partial charge in [-0.1, -0.05) is 35.5 Å². The lowest BCUT2D eigenvalue weighted by Gasteiger charge is -2.38. The summed E-state index contributed by atoms with van der Waals surface area (Å²) in [5, 5.41) is 7.15. The van der Waals surface area contributed by atoms with E-state index >= 15 is 0 Å². The van der Waals surface area contributed by atoms with Crippen molar-refractivity contribution in [2.24, 2.45) is 5.41 Å². The Bertz CT molecular complexity index is 981. The predicted octanol–water partition coefficient (Wildman–Crippen LogP) is 2.25. The van der Waals surface area contributed by atoms with Crippen LogP contribution in [0, 0.1) is 5.41 Å². The van der Waals surface area contributed by atoms with Crippen molar-refractivity contribution in [2.75, 3.05) is 26.2 Å². The fraction of sp³-hybridized carbons (Fsp3) is 0.500. The maximum Gasteiger partial charge on any atom is 0.231 e. The topological polar surface area (TPSA) is 95.8 Å². The smallest absolute Gasteiger partial charge is 0.231 e. The molecule has 1 aromatic carbocycles. The van der Waals surface area contributed by atoms with Gasteiger partial charge in [0.2, 0.25) is 17.7 Å². The molecule has 8 nitrogen and oxygen atoms in total. The molecule has 1 aromatic heterocycles. The van der Waals surface area contributed by atoms with E-state index in [4.69, 9.17) is 4.52 Å².